The van der Waals surface area contributed by atoms with Gasteiger partial charge in [0.1, 0.15) is 4.83 Å². The van der Waals surface area contributed by atoms with Gasteiger partial charge in [0, 0.05) is 44.0 Å². The molecule has 2 aromatic rings. The molecule has 0 N–H and O–H groups in total. The molecule has 6 nitrogen and oxygen atoms in total. The molecule has 1 aliphatic carbocycles. The van der Waals surface area contributed by atoms with Gasteiger partial charge in [-0.15, -0.1) is 11.3 Å². The zero-order valence-electron chi connectivity index (χ0n) is 18.4. The van der Waals surface area contributed by atoms with Crippen LogP contribution in [0.2, 0.25) is 0 Å². The summed E-state index contributed by atoms with van der Waals surface area (Å²) in [6.07, 6.45) is 9.14. The van der Waals surface area contributed by atoms with Crippen LogP contribution in [0.25, 0.3) is 10.2 Å². The molecule has 0 saturated carbocycles. The van der Waals surface area contributed by atoms with Crippen molar-refractivity contribution in [3.05, 3.63) is 20.8 Å². The van der Waals surface area contributed by atoms with E-state index in [1.54, 1.807) is 11.3 Å². The van der Waals surface area contributed by atoms with Crippen LogP contribution in [0.1, 0.15) is 69.2 Å². The van der Waals surface area contributed by atoms with E-state index in [4.69, 9.17) is 4.98 Å². The Hall–Kier alpha value is -1.89. The minimum atomic E-state index is 0.143. The molecule has 2 aliphatic rings. The summed E-state index contributed by atoms with van der Waals surface area (Å²) in [5.41, 5.74) is 1.41. The molecule has 0 radical (unpaired) electrons. The summed E-state index contributed by atoms with van der Waals surface area (Å²) in [4.78, 5) is 37.5. The van der Waals surface area contributed by atoms with Gasteiger partial charge in [-0.2, -0.15) is 0 Å². The highest BCUT2D eigenvalue weighted by Crippen LogP contribution is 2.34. The fraction of sp³-hybridized carbons (Fsp3) is 0.696. The molecule has 0 aromatic carbocycles. The number of anilines is 1. The number of carbonyl (C=O) groups excluding carboxylic acids is 1. The van der Waals surface area contributed by atoms with Crippen molar-refractivity contribution in [2.24, 2.45) is 0 Å². The van der Waals surface area contributed by atoms with Crippen LogP contribution >= 0.6 is 11.3 Å². The second kappa shape index (κ2) is 9.50. The van der Waals surface area contributed by atoms with Crippen molar-refractivity contribution >= 4 is 33.4 Å². The molecule has 3 heterocycles. The minimum absolute atomic E-state index is 0.143. The van der Waals surface area contributed by atoms with Crippen LogP contribution in [0.15, 0.2) is 4.79 Å². The Labute approximate surface area is 182 Å². The van der Waals surface area contributed by atoms with Gasteiger partial charge in [-0.05, 0) is 44.1 Å². The Kier molecular flexibility index (Phi) is 6.76. The van der Waals surface area contributed by atoms with Crippen molar-refractivity contribution in [1.82, 2.24) is 14.5 Å². The number of hydrogen-bond acceptors (Lipinski definition) is 5. The SMILES string of the molecule is CCCCC(=O)N1CCN(c2nc3sc4c(c3c(=O)n2CCCC)CCCC4)CC1. The summed E-state index contributed by atoms with van der Waals surface area (Å²) in [5, 5.41) is 0.878. The molecule has 4 rings (SSSR count). The third kappa shape index (κ3) is 4.13. The predicted molar refractivity (Wildman–Crippen MR) is 124 cm³/mol. The van der Waals surface area contributed by atoms with E-state index in [-0.39, 0.29) is 11.5 Å². The third-order valence-corrected chi connectivity index (χ3v) is 7.64. The summed E-state index contributed by atoms with van der Waals surface area (Å²) in [5.74, 6) is 1.06. The lowest BCUT2D eigenvalue weighted by Gasteiger charge is -2.36. The first-order valence-corrected chi connectivity index (χ1v) is 12.5. The quantitative estimate of drug-likeness (QED) is 0.667. The Morgan fingerprint density at radius 1 is 1.03 bits per heavy atom. The topological polar surface area (TPSA) is 58.4 Å². The van der Waals surface area contributed by atoms with Crippen molar-refractivity contribution in [3.8, 4) is 0 Å². The van der Waals surface area contributed by atoms with E-state index in [0.717, 1.165) is 67.8 Å². The molecule has 0 atom stereocenters. The second-order valence-electron chi connectivity index (χ2n) is 8.58. The Bertz CT molecular complexity index is 956. The summed E-state index contributed by atoms with van der Waals surface area (Å²) >= 11 is 1.72. The third-order valence-electron chi connectivity index (χ3n) is 6.45. The molecule has 1 fully saturated rings. The average molecular weight is 431 g/mol. The van der Waals surface area contributed by atoms with Crippen LogP contribution in [0, 0.1) is 0 Å². The van der Waals surface area contributed by atoms with Gasteiger partial charge in [0.05, 0.1) is 5.39 Å². The number of aromatic nitrogens is 2. The lowest BCUT2D eigenvalue weighted by atomic mass is 9.97. The van der Waals surface area contributed by atoms with E-state index in [9.17, 15) is 9.59 Å². The van der Waals surface area contributed by atoms with E-state index < -0.39 is 0 Å². The first-order valence-electron chi connectivity index (χ1n) is 11.7. The highest BCUT2D eigenvalue weighted by atomic mass is 32.1. The Balaban J connectivity index is 1.63. The summed E-state index contributed by atoms with van der Waals surface area (Å²) in [7, 11) is 0. The molecule has 0 spiro atoms. The zero-order valence-corrected chi connectivity index (χ0v) is 19.2. The van der Waals surface area contributed by atoms with E-state index >= 15 is 0 Å². The van der Waals surface area contributed by atoms with Crippen molar-refractivity contribution in [2.75, 3.05) is 31.1 Å². The van der Waals surface area contributed by atoms with E-state index in [0.29, 0.717) is 26.1 Å². The molecule has 2 aromatic heterocycles. The fourth-order valence-electron chi connectivity index (χ4n) is 4.63. The van der Waals surface area contributed by atoms with Crippen LogP contribution in [-0.4, -0.2) is 46.5 Å². The van der Waals surface area contributed by atoms with Gasteiger partial charge < -0.3 is 9.80 Å². The largest absolute Gasteiger partial charge is 0.339 e. The number of carbonyl (C=O) groups is 1. The first kappa shape index (κ1) is 21.3. The zero-order chi connectivity index (χ0) is 21.1. The number of fused-ring (bicyclic) bond motifs is 3. The number of piperazine rings is 1. The number of rotatable bonds is 7. The number of nitrogens with zero attached hydrogens (tertiary/aromatic N) is 4. The van der Waals surface area contributed by atoms with Gasteiger partial charge >= 0.3 is 0 Å². The van der Waals surface area contributed by atoms with Crippen LogP contribution in [0.4, 0.5) is 5.95 Å². The van der Waals surface area contributed by atoms with E-state index in [2.05, 4.69) is 18.7 Å². The lowest BCUT2D eigenvalue weighted by Crippen LogP contribution is -2.50. The molecule has 1 saturated heterocycles. The smallest absolute Gasteiger partial charge is 0.263 e. The van der Waals surface area contributed by atoms with Crippen molar-refractivity contribution in [3.63, 3.8) is 0 Å². The maximum Gasteiger partial charge on any atom is 0.263 e. The van der Waals surface area contributed by atoms with Gasteiger partial charge in [0.2, 0.25) is 11.9 Å². The Morgan fingerprint density at radius 3 is 2.50 bits per heavy atom. The predicted octanol–water partition coefficient (Wildman–Crippen LogP) is 3.98. The monoisotopic (exact) mass is 430 g/mol. The second-order valence-corrected chi connectivity index (χ2v) is 9.67. The molecule has 30 heavy (non-hydrogen) atoms. The summed E-state index contributed by atoms with van der Waals surface area (Å²) < 4.78 is 1.92. The van der Waals surface area contributed by atoms with Gasteiger partial charge in [-0.1, -0.05) is 26.7 Å². The molecule has 164 valence electrons. The van der Waals surface area contributed by atoms with E-state index in [1.807, 2.05) is 9.47 Å². The average Bonchev–Trinajstić information content (AvgIpc) is 3.15. The number of thiophene rings is 1. The first-order chi connectivity index (χ1) is 14.6. The van der Waals surface area contributed by atoms with E-state index in [1.165, 1.54) is 23.3 Å². The number of hydrogen-bond donors (Lipinski definition) is 0. The molecule has 1 amide bonds. The van der Waals surface area contributed by atoms with Crippen LogP contribution in [0.5, 0.6) is 0 Å². The van der Waals surface area contributed by atoms with Crippen molar-refractivity contribution in [2.45, 2.75) is 78.2 Å². The van der Waals surface area contributed by atoms with Gasteiger partial charge in [-0.25, -0.2) is 4.98 Å². The highest BCUT2D eigenvalue weighted by molar-refractivity contribution is 7.18. The summed E-state index contributed by atoms with van der Waals surface area (Å²) in [6, 6.07) is 0. The maximum atomic E-state index is 13.6. The Morgan fingerprint density at radius 2 is 1.77 bits per heavy atom. The lowest BCUT2D eigenvalue weighted by molar-refractivity contribution is -0.131. The van der Waals surface area contributed by atoms with Gasteiger partial charge in [0.25, 0.3) is 5.56 Å². The molecule has 0 unspecified atom stereocenters. The molecular weight excluding hydrogens is 396 g/mol. The van der Waals surface area contributed by atoms with Crippen molar-refractivity contribution in [1.29, 1.82) is 0 Å². The molecule has 7 heteroatoms. The van der Waals surface area contributed by atoms with Crippen molar-refractivity contribution < 1.29 is 4.79 Å². The molecule has 1 aliphatic heterocycles. The summed E-state index contributed by atoms with van der Waals surface area (Å²) in [6.45, 7) is 7.90. The van der Waals surface area contributed by atoms with Gasteiger partial charge in [0.15, 0.2) is 0 Å². The number of unbranched alkanes of at least 4 members (excludes halogenated alkanes) is 2. The minimum Gasteiger partial charge on any atom is -0.339 e. The highest BCUT2D eigenvalue weighted by Gasteiger charge is 2.27. The molecule has 0 bridgehead atoms. The number of amides is 1. The van der Waals surface area contributed by atoms with Gasteiger partial charge in [-0.3, -0.25) is 14.2 Å². The maximum absolute atomic E-state index is 13.6. The fourth-order valence-corrected chi connectivity index (χ4v) is 5.88. The standard InChI is InChI=1S/C23H34N4O2S/c1-3-5-11-19(28)25-13-15-26(16-14-25)23-24-21-20(22(29)27(23)12-6-4-2)17-9-7-8-10-18(17)30-21/h3-16H2,1-2H3. The van der Waals surface area contributed by atoms with Crippen LogP contribution in [0.3, 0.4) is 0 Å². The number of aryl methyl sites for hydroxylation is 2. The van der Waals surface area contributed by atoms with Crippen LogP contribution < -0.4 is 10.5 Å². The molecular formula is C23H34N4O2S. The normalized spacial score (nSPS) is 16.9. The van der Waals surface area contributed by atoms with Crippen LogP contribution in [-0.2, 0) is 24.2 Å².